The van der Waals surface area contributed by atoms with Crippen molar-refractivity contribution in [1.82, 2.24) is 4.57 Å². The van der Waals surface area contributed by atoms with Gasteiger partial charge in [0.25, 0.3) is 0 Å². The van der Waals surface area contributed by atoms with Crippen LogP contribution in [0, 0.1) is 6.92 Å². The van der Waals surface area contributed by atoms with Gasteiger partial charge in [-0.3, -0.25) is 4.99 Å². The molecule has 2 nitrogen and oxygen atoms in total. The number of halogens is 1. The summed E-state index contributed by atoms with van der Waals surface area (Å²) < 4.78 is 3.50. The lowest BCUT2D eigenvalue weighted by Gasteiger charge is -2.23. The molecular weight excluding hydrogens is 324 g/mol. The van der Waals surface area contributed by atoms with E-state index < -0.39 is 0 Å². The van der Waals surface area contributed by atoms with Crippen molar-refractivity contribution < 1.29 is 0 Å². The fraction of sp³-hybridized carbons (Fsp3) is 0.389. The second-order valence-electron chi connectivity index (χ2n) is 5.88. The van der Waals surface area contributed by atoms with Gasteiger partial charge in [0.15, 0.2) is 0 Å². The Bertz CT molecular complexity index is 636. The van der Waals surface area contributed by atoms with Gasteiger partial charge in [-0.2, -0.15) is 0 Å². The molecule has 1 aromatic carbocycles. The molecule has 0 radical (unpaired) electrons. The molecule has 0 amide bonds. The Kier molecular flexibility index (Phi) is 4.59. The van der Waals surface area contributed by atoms with Crippen LogP contribution in [0.2, 0.25) is 0 Å². The summed E-state index contributed by atoms with van der Waals surface area (Å²) in [6, 6.07) is 9.03. The van der Waals surface area contributed by atoms with Crippen molar-refractivity contribution in [2.45, 2.75) is 45.1 Å². The fourth-order valence-electron chi connectivity index (χ4n) is 2.97. The minimum atomic E-state index is 0.691. The highest BCUT2D eigenvalue weighted by molar-refractivity contribution is 9.10. The third-order valence-corrected chi connectivity index (χ3v) is 5.13. The number of aryl methyl sites for hydroxylation is 1. The van der Waals surface area contributed by atoms with E-state index in [2.05, 4.69) is 63.0 Å². The SMILES string of the molecule is Cc1cc(N=Cc2ccn(C3CCCCC3)c2)ccc1Br. The molecule has 0 bridgehead atoms. The second kappa shape index (κ2) is 6.61. The third-order valence-electron chi connectivity index (χ3n) is 4.24. The van der Waals surface area contributed by atoms with E-state index in [-0.39, 0.29) is 0 Å². The fourth-order valence-corrected chi connectivity index (χ4v) is 3.22. The highest BCUT2D eigenvalue weighted by Crippen LogP contribution is 2.28. The van der Waals surface area contributed by atoms with Crippen LogP contribution in [0.15, 0.2) is 46.1 Å². The highest BCUT2D eigenvalue weighted by atomic mass is 79.9. The van der Waals surface area contributed by atoms with Gasteiger partial charge in [-0.15, -0.1) is 0 Å². The summed E-state index contributed by atoms with van der Waals surface area (Å²) in [5, 5.41) is 0. The molecule has 110 valence electrons. The van der Waals surface area contributed by atoms with Gasteiger partial charge >= 0.3 is 0 Å². The van der Waals surface area contributed by atoms with Gasteiger partial charge < -0.3 is 4.57 Å². The first kappa shape index (κ1) is 14.6. The van der Waals surface area contributed by atoms with Crippen LogP contribution in [-0.2, 0) is 0 Å². The molecule has 3 rings (SSSR count). The summed E-state index contributed by atoms with van der Waals surface area (Å²) in [5.41, 5.74) is 3.40. The molecule has 21 heavy (non-hydrogen) atoms. The highest BCUT2D eigenvalue weighted by Gasteiger charge is 2.14. The molecule has 1 heterocycles. The molecule has 1 aromatic heterocycles. The molecule has 1 aliphatic rings. The average molecular weight is 345 g/mol. The number of aliphatic imine (C=N–C) groups is 1. The molecule has 1 aliphatic carbocycles. The van der Waals surface area contributed by atoms with Crippen LogP contribution >= 0.6 is 15.9 Å². The molecule has 0 unspecified atom stereocenters. The molecule has 0 aliphatic heterocycles. The Morgan fingerprint density at radius 1 is 1.19 bits per heavy atom. The van der Waals surface area contributed by atoms with Crippen LogP contribution in [0.3, 0.4) is 0 Å². The Morgan fingerprint density at radius 2 is 2.00 bits per heavy atom. The number of nitrogens with zero attached hydrogens (tertiary/aromatic N) is 2. The molecule has 1 fully saturated rings. The Hall–Kier alpha value is -1.35. The van der Waals surface area contributed by atoms with Crippen LogP contribution in [0.4, 0.5) is 5.69 Å². The maximum Gasteiger partial charge on any atom is 0.0633 e. The third kappa shape index (κ3) is 3.65. The number of aromatic nitrogens is 1. The smallest absolute Gasteiger partial charge is 0.0633 e. The lowest BCUT2D eigenvalue weighted by atomic mass is 9.95. The van der Waals surface area contributed by atoms with E-state index in [9.17, 15) is 0 Å². The van der Waals surface area contributed by atoms with E-state index in [1.165, 1.54) is 43.2 Å². The molecule has 1 saturated carbocycles. The predicted molar refractivity (Wildman–Crippen MR) is 92.7 cm³/mol. The van der Waals surface area contributed by atoms with E-state index in [0.717, 1.165) is 10.2 Å². The topological polar surface area (TPSA) is 17.3 Å². The number of hydrogen-bond acceptors (Lipinski definition) is 1. The molecule has 0 saturated heterocycles. The molecule has 0 N–H and O–H groups in total. The van der Waals surface area contributed by atoms with Gasteiger partial charge in [-0.05, 0) is 49.6 Å². The van der Waals surface area contributed by atoms with Crippen LogP contribution in [0.25, 0.3) is 0 Å². The first-order valence-corrected chi connectivity index (χ1v) is 8.49. The minimum Gasteiger partial charge on any atom is -0.351 e. The van der Waals surface area contributed by atoms with Crippen molar-refractivity contribution in [3.8, 4) is 0 Å². The Labute approximate surface area is 135 Å². The average Bonchev–Trinajstić information content (AvgIpc) is 2.98. The number of rotatable bonds is 3. The van der Waals surface area contributed by atoms with Crippen LogP contribution in [0.1, 0.15) is 49.3 Å². The summed E-state index contributed by atoms with van der Waals surface area (Å²) in [6.07, 6.45) is 13.1. The summed E-state index contributed by atoms with van der Waals surface area (Å²) in [5.74, 6) is 0. The van der Waals surface area contributed by atoms with Crippen molar-refractivity contribution >= 4 is 27.8 Å². The van der Waals surface area contributed by atoms with Gasteiger partial charge in [0.2, 0.25) is 0 Å². The van der Waals surface area contributed by atoms with E-state index in [1.807, 2.05) is 12.3 Å². The quantitative estimate of drug-likeness (QED) is 0.624. The zero-order valence-corrected chi connectivity index (χ0v) is 14.0. The molecule has 0 spiro atoms. The number of hydrogen-bond donors (Lipinski definition) is 0. The number of benzene rings is 1. The van der Waals surface area contributed by atoms with Gasteiger partial charge in [0.05, 0.1) is 5.69 Å². The summed E-state index contributed by atoms with van der Waals surface area (Å²) in [4.78, 5) is 4.58. The largest absolute Gasteiger partial charge is 0.351 e. The first-order chi connectivity index (χ1) is 10.2. The molecule has 0 atom stereocenters. The monoisotopic (exact) mass is 344 g/mol. The van der Waals surface area contributed by atoms with Crippen molar-refractivity contribution in [3.63, 3.8) is 0 Å². The lowest BCUT2D eigenvalue weighted by molar-refractivity contribution is 0.354. The normalized spacial score (nSPS) is 16.7. The standard InChI is InChI=1S/C18H21BrN2/c1-14-11-16(7-8-18(14)19)20-12-15-9-10-21(13-15)17-5-3-2-4-6-17/h7-13,17H,2-6H2,1H3. The minimum absolute atomic E-state index is 0.691. The van der Waals surface area contributed by atoms with Gasteiger partial charge in [0, 0.05) is 34.7 Å². The van der Waals surface area contributed by atoms with Crippen molar-refractivity contribution in [1.29, 1.82) is 0 Å². The lowest BCUT2D eigenvalue weighted by Crippen LogP contribution is -2.10. The Morgan fingerprint density at radius 3 is 2.76 bits per heavy atom. The maximum absolute atomic E-state index is 4.58. The maximum atomic E-state index is 4.58. The van der Waals surface area contributed by atoms with E-state index in [1.54, 1.807) is 0 Å². The zero-order chi connectivity index (χ0) is 14.7. The second-order valence-corrected chi connectivity index (χ2v) is 6.73. The van der Waals surface area contributed by atoms with Crippen molar-refractivity contribution in [3.05, 3.63) is 52.3 Å². The van der Waals surface area contributed by atoms with Gasteiger partial charge in [-0.1, -0.05) is 35.2 Å². The van der Waals surface area contributed by atoms with Crippen LogP contribution < -0.4 is 0 Å². The summed E-state index contributed by atoms with van der Waals surface area (Å²) in [6.45, 7) is 2.09. The van der Waals surface area contributed by atoms with Gasteiger partial charge in [0.1, 0.15) is 0 Å². The van der Waals surface area contributed by atoms with Gasteiger partial charge in [-0.25, -0.2) is 0 Å². The van der Waals surface area contributed by atoms with E-state index in [0.29, 0.717) is 6.04 Å². The zero-order valence-electron chi connectivity index (χ0n) is 12.4. The predicted octanol–water partition coefficient (Wildman–Crippen LogP) is 5.81. The van der Waals surface area contributed by atoms with E-state index in [4.69, 9.17) is 0 Å². The van der Waals surface area contributed by atoms with Crippen molar-refractivity contribution in [2.24, 2.45) is 4.99 Å². The Balaban J connectivity index is 1.71. The molecule has 2 aromatic rings. The van der Waals surface area contributed by atoms with Crippen molar-refractivity contribution in [2.75, 3.05) is 0 Å². The summed E-state index contributed by atoms with van der Waals surface area (Å²) >= 11 is 3.52. The van der Waals surface area contributed by atoms with Crippen LogP contribution in [0.5, 0.6) is 0 Å². The van der Waals surface area contributed by atoms with E-state index >= 15 is 0 Å². The summed E-state index contributed by atoms with van der Waals surface area (Å²) in [7, 11) is 0. The molecular formula is C18H21BrN2. The first-order valence-electron chi connectivity index (χ1n) is 7.70. The van der Waals surface area contributed by atoms with Crippen LogP contribution in [-0.4, -0.2) is 10.8 Å². The molecule has 3 heteroatoms.